The van der Waals surface area contributed by atoms with Crippen LogP contribution in [0, 0.1) is 5.92 Å². The Balaban J connectivity index is 1.98. The molecule has 0 unspecified atom stereocenters. The van der Waals surface area contributed by atoms with Gasteiger partial charge in [-0.15, -0.1) is 0 Å². The monoisotopic (exact) mass is 303 g/mol. The van der Waals surface area contributed by atoms with Crippen LogP contribution in [0.3, 0.4) is 0 Å². The van der Waals surface area contributed by atoms with E-state index >= 15 is 0 Å². The Morgan fingerprint density at radius 2 is 2.36 bits per heavy atom. The van der Waals surface area contributed by atoms with E-state index in [-0.39, 0.29) is 24.9 Å². The van der Waals surface area contributed by atoms with Gasteiger partial charge < -0.3 is 15.2 Å². The van der Waals surface area contributed by atoms with Gasteiger partial charge in [-0.05, 0) is 18.8 Å². The van der Waals surface area contributed by atoms with Gasteiger partial charge in [0, 0.05) is 0 Å². The van der Waals surface area contributed by atoms with Crippen molar-refractivity contribution >= 4 is 17.1 Å². The Bertz CT molecular complexity index is 684. The predicted octanol–water partition coefficient (Wildman–Crippen LogP) is 2.40. The minimum absolute atomic E-state index is 0.0626. The molecule has 0 saturated carbocycles. The second kappa shape index (κ2) is 5.92. The summed E-state index contributed by atoms with van der Waals surface area (Å²) in [5, 5.41) is 0. The Kier molecular flexibility index (Phi) is 3.98. The number of nitrogens with two attached hydrogens (primary N) is 1. The molecule has 7 nitrogen and oxygen atoms in total. The molecule has 1 saturated heterocycles. The predicted molar refractivity (Wildman–Crippen MR) is 82.7 cm³/mol. The van der Waals surface area contributed by atoms with Crippen LogP contribution in [0.2, 0.25) is 0 Å². The van der Waals surface area contributed by atoms with Crippen molar-refractivity contribution in [1.82, 2.24) is 19.5 Å². The van der Waals surface area contributed by atoms with Crippen molar-refractivity contribution in [2.45, 2.75) is 45.6 Å². The quantitative estimate of drug-likeness (QED) is 0.853. The minimum atomic E-state index is -0.0626. The summed E-state index contributed by atoms with van der Waals surface area (Å²) in [6, 6.07) is 0. The standard InChI is InChI=1S/C15H21N5O2/c1-4-11-9(3)6-12(22-11)20-8-17-13-10(7-21-5-2)18-15(16)19-14(13)20/h5,8-9,11-12H,2,4,6-7H2,1,3H3,(H2,16,18,19)/t9-,11-,12-/m1/s1. The van der Waals surface area contributed by atoms with Gasteiger partial charge in [-0.2, -0.15) is 4.98 Å². The van der Waals surface area contributed by atoms with Crippen LogP contribution in [0.25, 0.3) is 11.2 Å². The third-order valence-corrected chi connectivity index (χ3v) is 4.10. The first-order valence-electron chi connectivity index (χ1n) is 7.51. The number of anilines is 1. The number of fused-ring (bicyclic) bond motifs is 1. The second-order valence-corrected chi connectivity index (χ2v) is 5.58. The van der Waals surface area contributed by atoms with Gasteiger partial charge in [0.15, 0.2) is 5.65 Å². The van der Waals surface area contributed by atoms with Crippen molar-refractivity contribution in [2.75, 3.05) is 5.73 Å². The third-order valence-electron chi connectivity index (χ3n) is 4.10. The molecule has 0 amide bonds. The van der Waals surface area contributed by atoms with E-state index in [1.165, 1.54) is 6.26 Å². The molecule has 0 aromatic carbocycles. The van der Waals surface area contributed by atoms with Crippen molar-refractivity contribution in [3.05, 3.63) is 24.9 Å². The van der Waals surface area contributed by atoms with Crippen LogP contribution in [0.5, 0.6) is 0 Å². The number of rotatable bonds is 5. The number of aromatic nitrogens is 4. The summed E-state index contributed by atoms with van der Waals surface area (Å²) in [6.07, 6.45) is 5.25. The van der Waals surface area contributed by atoms with E-state index in [0.29, 0.717) is 22.8 Å². The van der Waals surface area contributed by atoms with E-state index in [0.717, 1.165) is 12.8 Å². The van der Waals surface area contributed by atoms with Gasteiger partial charge in [0.25, 0.3) is 0 Å². The highest BCUT2D eigenvalue weighted by molar-refractivity contribution is 5.74. The van der Waals surface area contributed by atoms with Crippen LogP contribution in [0.15, 0.2) is 19.2 Å². The largest absolute Gasteiger partial charge is 0.495 e. The highest BCUT2D eigenvalue weighted by Crippen LogP contribution is 2.36. The first-order valence-corrected chi connectivity index (χ1v) is 7.51. The van der Waals surface area contributed by atoms with E-state index in [1.807, 2.05) is 4.57 Å². The summed E-state index contributed by atoms with van der Waals surface area (Å²) in [6.45, 7) is 8.14. The minimum Gasteiger partial charge on any atom is -0.495 e. The van der Waals surface area contributed by atoms with Crippen molar-refractivity contribution in [1.29, 1.82) is 0 Å². The summed E-state index contributed by atoms with van der Waals surface area (Å²) in [7, 11) is 0. The average Bonchev–Trinajstić information content (AvgIpc) is 3.07. The van der Waals surface area contributed by atoms with Gasteiger partial charge in [0.05, 0.1) is 18.7 Å². The van der Waals surface area contributed by atoms with Crippen molar-refractivity contribution in [2.24, 2.45) is 5.92 Å². The molecule has 0 aliphatic carbocycles. The lowest BCUT2D eigenvalue weighted by Crippen LogP contribution is -2.13. The lowest BCUT2D eigenvalue weighted by Gasteiger charge is -2.14. The molecule has 0 bridgehead atoms. The van der Waals surface area contributed by atoms with E-state index < -0.39 is 0 Å². The summed E-state index contributed by atoms with van der Waals surface area (Å²) in [5.74, 6) is 0.713. The van der Waals surface area contributed by atoms with E-state index in [4.69, 9.17) is 15.2 Å². The van der Waals surface area contributed by atoms with Gasteiger partial charge in [0.1, 0.15) is 24.0 Å². The summed E-state index contributed by atoms with van der Waals surface area (Å²) in [5.41, 5.74) is 7.84. The van der Waals surface area contributed by atoms with E-state index in [1.54, 1.807) is 6.33 Å². The SMILES string of the molecule is C=COCc1nc(N)nc2c1ncn2[C@H]1C[C@@H](C)[C@@H](CC)O1. The summed E-state index contributed by atoms with van der Waals surface area (Å²) >= 11 is 0. The van der Waals surface area contributed by atoms with E-state index in [9.17, 15) is 0 Å². The lowest BCUT2D eigenvalue weighted by molar-refractivity contribution is -0.00303. The van der Waals surface area contributed by atoms with Gasteiger partial charge in [-0.1, -0.05) is 20.4 Å². The Hall–Kier alpha value is -2.15. The fourth-order valence-corrected chi connectivity index (χ4v) is 2.98. The lowest BCUT2D eigenvalue weighted by atomic mass is 10.0. The van der Waals surface area contributed by atoms with Crippen molar-refractivity contribution < 1.29 is 9.47 Å². The van der Waals surface area contributed by atoms with Crippen LogP contribution in [0.1, 0.15) is 38.6 Å². The zero-order valence-electron chi connectivity index (χ0n) is 12.9. The van der Waals surface area contributed by atoms with Crippen LogP contribution < -0.4 is 5.73 Å². The highest BCUT2D eigenvalue weighted by Gasteiger charge is 2.33. The van der Waals surface area contributed by atoms with Gasteiger partial charge in [-0.3, -0.25) is 4.57 Å². The second-order valence-electron chi connectivity index (χ2n) is 5.58. The Morgan fingerprint density at radius 1 is 1.55 bits per heavy atom. The van der Waals surface area contributed by atoms with Gasteiger partial charge in [-0.25, -0.2) is 9.97 Å². The molecule has 3 heterocycles. The molecule has 2 aromatic rings. The maximum Gasteiger partial charge on any atom is 0.222 e. The van der Waals surface area contributed by atoms with Gasteiger partial charge in [0.2, 0.25) is 5.95 Å². The van der Waals surface area contributed by atoms with Crippen molar-refractivity contribution in [3.8, 4) is 0 Å². The summed E-state index contributed by atoms with van der Waals surface area (Å²) in [4.78, 5) is 13.0. The molecule has 0 radical (unpaired) electrons. The number of nitrogen functional groups attached to an aromatic ring is 1. The molecule has 0 spiro atoms. The molecule has 118 valence electrons. The number of nitrogens with zero attached hydrogens (tertiary/aromatic N) is 4. The molecule has 2 aromatic heterocycles. The molecule has 3 atom stereocenters. The van der Waals surface area contributed by atoms with E-state index in [2.05, 4.69) is 35.4 Å². The maximum absolute atomic E-state index is 6.11. The fourth-order valence-electron chi connectivity index (χ4n) is 2.98. The Morgan fingerprint density at radius 3 is 3.05 bits per heavy atom. The zero-order valence-corrected chi connectivity index (χ0v) is 12.9. The molecule has 22 heavy (non-hydrogen) atoms. The number of hydrogen-bond acceptors (Lipinski definition) is 6. The summed E-state index contributed by atoms with van der Waals surface area (Å²) < 4.78 is 13.3. The Labute approximate surface area is 129 Å². The molecule has 7 heteroatoms. The van der Waals surface area contributed by atoms with Crippen molar-refractivity contribution in [3.63, 3.8) is 0 Å². The van der Waals surface area contributed by atoms with Crippen LogP contribution in [0.4, 0.5) is 5.95 Å². The fraction of sp³-hybridized carbons (Fsp3) is 0.533. The zero-order chi connectivity index (χ0) is 15.7. The number of hydrogen-bond donors (Lipinski definition) is 1. The molecular formula is C15H21N5O2. The van der Waals surface area contributed by atoms with Crippen LogP contribution in [-0.4, -0.2) is 25.6 Å². The molecule has 1 fully saturated rings. The average molecular weight is 303 g/mol. The topological polar surface area (TPSA) is 88.1 Å². The van der Waals surface area contributed by atoms with Gasteiger partial charge >= 0.3 is 0 Å². The first kappa shape index (κ1) is 14.8. The molecule has 2 N–H and O–H groups in total. The molecule has 1 aliphatic rings. The smallest absolute Gasteiger partial charge is 0.222 e. The van der Waals surface area contributed by atoms with Crippen LogP contribution in [-0.2, 0) is 16.1 Å². The first-order chi connectivity index (χ1) is 10.6. The molecular weight excluding hydrogens is 282 g/mol. The molecule has 1 aliphatic heterocycles. The number of imidazole rings is 1. The third kappa shape index (κ3) is 2.52. The normalized spacial score (nSPS) is 24.7. The highest BCUT2D eigenvalue weighted by atomic mass is 16.5. The molecule has 3 rings (SSSR count). The maximum atomic E-state index is 6.11. The number of ether oxygens (including phenoxy) is 2. The van der Waals surface area contributed by atoms with Crippen LogP contribution >= 0.6 is 0 Å².